The zero-order valence-electron chi connectivity index (χ0n) is 13.9. The van der Waals surface area contributed by atoms with Gasteiger partial charge in [-0.2, -0.15) is 0 Å². The minimum Gasteiger partial charge on any atom is -0.487 e. The van der Waals surface area contributed by atoms with Crippen molar-refractivity contribution in [3.05, 3.63) is 71.0 Å². The topological polar surface area (TPSA) is 59.5 Å². The van der Waals surface area contributed by atoms with Crippen LogP contribution in [0.5, 0.6) is 5.75 Å². The summed E-state index contributed by atoms with van der Waals surface area (Å²) in [6.45, 7) is 1.55. The van der Waals surface area contributed by atoms with Gasteiger partial charge in [-0.3, -0.25) is 14.5 Å². The number of halogens is 1. The summed E-state index contributed by atoms with van der Waals surface area (Å²) in [5.41, 5.74) is 1.34. The van der Waals surface area contributed by atoms with Gasteiger partial charge in [0, 0.05) is 17.9 Å². The highest BCUT2D eigenvalue weighted by Gasteiger charge is 2.20. The van der Waals surface area contributed by atoms with Gasteiger partial charge in [-0.15, -0.1) is 11.3 Å². The number of nitrogens with zero attached hydrogens (tertiary/aromatic N) is 2. The van der Waals surface area contributed by atoms with Crippen LogP contribution >= 0.6 is 11.3 Å². The molecule has 3 aromatic rings. The number of aromatic nitrogens is 1. The number of hydrogen-bond acceptors (Lipinski definition) is 5. The summed E-state index contributed by atoms with van der Waals surface area (Å²) in [7, 11) is 0. The first kappa shape index (κ1) is 17.8. The Balaban J connectivity index is 1.75. The van der Waals surface area contributed by atoms with E-state index in [0.717, 1.165) is 6.29 Å². The fraction of sp³-hybridized carbons (Fsp3) is 0.105. The SMILES string of the molecule is CC(=O)N(c1nc(COc2ccc(C=O)cc2)cs1)c1ccccc1F. The normalized spacial score (nSPS) is 10.4. The van der Waals surface area contributed by atoms with E-state index in [-0.39, 0.29) is 18.2 Å². The highest BCUT2D eigenvalue weighted by Crippen LogP contribution is 2.31. The summed E-state index contributed by atoms with van der Waals surface area (Å²) < 4.78 is 19.7. The van der Waals surface area contributed by atoms with Crippen LogP contribution in [0.3, 0.4) is 0 Å². The first-order valence-electron chi connectivity index (χ1n) is 7.76. The summed E-state index contributed by atoms with van der Waals surface area (Å²) in [5, 5.41) is 2.13. The van der Waals surface area contributed by atoms with Gasteiger partial charge in [0.15, 0.2) is 5.13 Å². The number of aldehydes is 1. The van der Waals surface area contributed by atoms with Crippen molar-refractivity contribution in [2.24, 2.45) is 0 Å². The molecule has 1 heterocycles. The third kappa shape index (κ3) is 3.94. The standard InChI is InChI=1S/C19H15FN2O3S/c1-13(24)22(18-5-3-2-4-17(18)20)19-21-15(12-26-19)11-25-16-8-6-14(10-23)7-9-16/h2-10,12H,11H2,1H3. The first-order chi connectivity index (χ1) is 12.6. The number of ether oxygens (including phenoxy) is 1. The summed E-state index contributed by atoms with van der Waals surface area (Å²) in [4.78, 5) is 28.3. The van der Waals surface area contributed by atoms with Crippen molar-refractivity contribution in [3.8, 4) is 5.75 Å². The summed E-state index contributed by atoms with van der Waals surface area (Å²) in [6, 6.07) is 12.8. The lowest BCUT2D eigenvalue weighted by atomic mass is 10.2. The Hall–Kier alpha value is -3.06. The Labute approximate surface area is 153 Å². The molecule has 1 amide bonds. The van der Waals surface area contributed by atoms with Crippen molar-refractivity contribution < 1.29 is 18.7 Å². The van der Waals surface area contributed by atoms with Gasteiger partial charge in [-0.1, -0.05) is 12.1 Å². The molecule has 0 saturated heterocycles. The minimum absolute atomic E-state index is 0.159. The molecule has 3 rings (SSSR count). The molecule has 2 aromatic carbocycles. The van der Waals surface area contributed by atoms with Gasteiger partial charge in [0.1, 0.15) is 24.5 Å². The number of thiazole rings is 1. The van der Waals surface area contributed by atoms with Gasteiger partial charge in [0.05, 0.1) is 11.4 Å². The number of amides is 1. The molecule has 0 bridgehead atoms. The molecule has 0 aliphatic heterocycles. The lowest BCUT2D eigenvalue weighted by Crippen LogP contribution is -2.23. The van der Waals surface area contributed by atoms with Crippen molar-refractivity contribution >= 4 is 34.3 Å². The average molecular weight is 370 g/mol. The molecule has 0 aliphatic rings. The molecular weight excluding hydrogens is 355 g/mol. The van der Waals surface area contributed by atoms with Crippen LogP contribution in [-0.2, 0) is 11.4 Å². The third-order valence-corrected chi connectivity index (χ3v) is 4.42. The summed E-state index contributed by atoms with van der Waals surface area (Å²) in [6.07, 6.45) is 0.759. The van der Waals surface area contributed by atoms with Gasteiger partial charge >= 0.3 is 0 Å². The second kappa shape index (κ2) is 7.88. The van der Waals surface area contributed by atoms with Gasteiger partial charge in [-0.25, -0.2) is 9.37 Å². The van der Waals surface area contributed by atoms with Crippen LogP contribution in [0.1, 0.15) is 23.0 Å². The predicted octanol–water partition coefficient (Wildman–Crippen LogP) is 4.36. The van der Waals surface area contributed by atoms with E-state index < -0.39 is 5.82 Å². The van der Waals surface area contributed by atoms with Gasteiger partial charge in [0.2, 0.25) is 5.91 Å². The quantitative estimate of drug-likeness (QED) is 0.605. The maximum Gasteiger partial charge on any atom is 0.230 e. The molecule has 0 aliphatic carbocycles. The number of para-hydroxylation sites is 1. The van der Waals surface area contributed by atoms with Gasteiger partial charge in [-0.05, 0) is 36.4 Å². The van der Waals surface area contributed by atoms with Crippen LogP contribution in [0.25, 0.3) is 0 Å². The smallest absolute Gasteiger partial charge is 0.230 e. The molecular formula is C19H15FN2O3S. The number of carbonyl (C=O) groups excluding carboxylic acids is 2. The lowest BCUT2D eigenvalue weighted by Gasteiger charge is -2.18. The summed E-state index contributed by atoms with van der Waals surface area (Å²) >= 11 is 1.23. The Morgan fingerprint density at radius 3 is 2.62 bits per heavy atom. The van der Waals surface area contributed by atoms with E-state index >= 15 is 0 Å². The van der Waals surface area contributed by atoms with E-state index in [4.69, 9.17) is 4.74 Å². The second-order valence-electron chi connectivity index (χ2n) is 5.40. The fourth-order valence-electron chi connectivity index (χ4n) is 2.31. The molecule has 0 fully saturated rings. The van der Waals surface area contributed by atoms with E-state index in [1.807, 2.05) is 0 Å². The Morgan fingerprint density at radius 2 is 1.96 bits per heavy atom. The van der Waals surface area contributed by atoms with E-state index in [2.05, 4.69) is 4.98 Å². The van der Waals surface area contributed by atoms with Gasteiger partial charge < -0.3 is 4.74 Å². The third-order valence-electron chi connectivity index (χ3n) is 3.54. The highest BCUT2D eigenvalue weighted by atomic mass is 32.1. The van der Waals surface area contributed by atoms with E-state index in [0.29, 0.717) is 22.1 Å². The maximum atomic E-state index is 14.1. The molecule has 132 valence electrons. The highest BCUT2D eigenvalue weighted by molar-refractivity contribution is 7.14. The molecule has 26 heavy (non-hydrogen) atoms. The van der Waals surface area contributed by atoms with Crippen molar-refractivity contribution in [1.82, 2.24) is 4.98 Å². The van der Waals surface area contributed by atoms with Crippen LogP contribution < -0.4 is 9.64 Å². The van der Waals surface area contributed by atoms with Crippen LogP contribution in [0, 0.1) is 5.82 Å². The predicted molar refractivity (Wildman–Crippen MR) is 97.5 cm³/mol. The van der Waals surface area contributed by atoms with Crippen molar-refractivity contribution in [3.63, 3.8) is 0 Å². The zero-order chi connectivity index (χ0) is 18.5. The van der Waals surface area contributed by atoms with E-state index in [1.165, 1.54) is 35.3 Å². The number of hydrogen-bond donors (Lipinski definition) is 0. The van der Waals surface area contributed by atoms with Crippen molar-refractivity contribution in [2.45, 2.75) is 13.5 Å². The molecule has 1 aromatic heterocycles. The maximum absolute atomic E-state index is 14.1. The number of benzene rings is 2. The Kier molecular flexibility index (Phi) is 5.38. The summed E-state index contributed by atoms with van der Waals surface area (Å²) in [5.74, 6) is -0.227. The van der Waals surface area contributed by atoms with Crippen LogP contribution in [0.2, 0.25) is 0 Å². The number of rotatable bonds is 6. The molecule has 0 atom stereocenters. The molecule has 0 saturated carbocycles. The Bertz CT molecular complexity index is 925. The largest absolute Gasteiger partial charge is 0.487 e. The van der Waals surface area contributed by atoms with E-state index in [9.17, 15) is 14.0 Å². The average Bonchev–Trinajstić information content (AvgIpc) is 3.10. The van der Waals surface area contributed by atoms with Crippen molar-refractivity contribution in [1.29, 1.82) is 0 Å². The first-order valence-corrected chi connectivity index (χ1v) is 8.64. The number of anilines is 2. The van der Waals surface area contributed by atoms with Gasteiger partial charge in [0.25, 0.3) is 0 Å². The zero-order valence-corrected chi connectivity index (χ0v) is 14.7. The molecule has 7 heteroatoms. The van der Waals surface area contributed by atoms with Crippen LogP contribution in [0.15, 0.2) is 53.9 Å². The minimum atomic E-state index is -0.494. The fourth-order valence-corrected chi connectivity index (χ4v) is 3.17. The lowest BCUT2D eigenvalue weighted by molar-refractivity contribution is -0.115. The molecule has 5 nitrogen and oxygen atoms in total. The molecule has 0 spiro atoms. The van der Waals surface area contributed by atoms with E-state index in [1.54, 1.807) is 41.8 Å². The molecule has 0 N–H and O–H groups in total. The Morgan fingerprint density at radius 1 is 1.23 bits per heavy atom. The van der Waals surface area contributed by atoms with Crippen LogP contribution in [-0.4, -0.2) is 17.2 Å². The molecule has 0 unspecified atom stereocenters. The number of carbonyl (C=O) groups is 2. The van der Waals surface area contributed by atoms with Crippen LogP contribution in [0.4, 0.5) is 15.2 Å². The van der Waals surface area contributed by atoms with Crippen molar-refractivity contribution in [2.75, 3.05) is 4.90 Å². The second-order valence-corrected chi connectivity index (χ2v) is 6.24. The monoisotopic (exact) mass is 370 g/mol. The molecule has 0 radical (unpaired) electrons.